The van der Waals surface area contributed by atoms with Gasteiger partial charge in [-0.2, -0.15) is 4.31 Å². The van der Waals surface area contributed by atoms with Crippen LogP contribution in [0.15, 0.2) is 78.7 Å². The molecule has 0 spiro atoms. The number of hydrogen-bond acceptors (Lipinski definition) is 5. The first-order valence-electron chi connectivity index (χ1n) is 10.3. The van der Waals surface area contributed by atoms with Crippen molar-refractivity contribution in [1.82, 2.24) is 14.6 Å². The van der Waals surface area contributed by atoms with Gasteiger partial charge in [0.05, 0.1) is 5.52 Å². The molecule has 1 fully saturated rings. The van der Waals surface area contributed by atoms with Gasteiger partial charge in [0.2, 0.25) is 10.0 Å². The highest BCUT2D eigenvalue weighted by molar-refractivity contribution is 7.94. The molecule has 0 bridgehead atoms. The van der Waals surface area contributed by atoms with Crippen molar-refractivity contribution in [1.29, 1.82) is 5.41 Å². The van der Waals surface area contributed by atoms with E-state index in [0.717, 1.165) is 39.8 Å². The Morgan fingerprint density at radius 3 is 2.56 bits per heavy atom. The van der Waals surface area contributed by atoms with Gasteiger partial charge in [-0.25, -0.2) is 8.42 Å². The number of dihydropyridines is 1. The molecule has 0 saturated carbocycles. The maximum absolute atomic E-state index is 13.1. The molecule has 1 aromatic heterocycles. The van der Waals surface area contributed by atoms with Crippen molar-refractivity contribution < 1.29 is 8.42 Å². The summed E-state index contributed by atoms with van der Waals surface area (Å²) in [5.41, 5.74) is 8.13. The van der Waals surface area contributed by atoms with E-state index in [0.29, 0.717) is 18.7 Å². The average molecular weight is 448 g/mol. The van der Waals surface area contributed by atoms with Crippen molar-refractivity contribution in [2.45, 2.75) is 12.8 Å². The summed E-state index contributed by atoms with van der Waals surface area (Å²) in [6.45, 7) is 4.75. The van der Waals surface area contributed by atoms with Crippen LogP contribution in [0.3, 0.4) is 0 Å². The number of allylic oxidation sites excluding steroid dienone is 4. The summed E-state index contributed by atoms with van der Waals surface area (Å²) < 4.78 is 27.6. The maximum atomic E-state index is 13.1. The zero-order valence-electron chi connectivity index (χ0n) is 17.6. The molecule has 164 valence electrons. The predicted octanol–water partition coefficient (Wildman–Crippen LogP) is 1.60. The van der Waals surface area contributed by atoms with Crippen LogP contribution >= 0.6 is 0 Å². The lowest BCUT2D eigenvalue weighted by molar-refractivity contribution is 0.485. The number of nitrogens with one attached hydrogen (secondary N) is 2. The molecule has 0 atom stereocenters. The quantitative estimate of drug-likeness (QED) is 0.476. The van der Waals surface area contributed by atoms with Crippen LogP contribution in [0.2, 0.25) is 0 Å². The predicted molar refractivity (Wildman–Crippen MR) is 129 cm³/mol. The molecule has 2 aliphatic heterocycles. The molecule has 4 rings (SSSR count). The number of fused-ring (bicyclic) bond motifs is 1. The number of nitrogens with zero attached hydrogens (tertiary/aromatic N) is 2. The van der Waals surface area contributed by atoms with Crippen LogP contribution in [0.4, 0.5) is 0 Å². The fraction of sp³-hybridized carbons (Fsp3) is 0.167. The molecule has 4 N–H and O–H groups in total. The van der Waals surface area contributed by atoms with E-state index in [1.165, 1.54) is 10.4 Å². The van der Waals surface area contributed by atoms with Gasteiger partial charge < -0.3 is 11.1 Å². The summed E-state index contributed by atoms with van der Waals surface area (Å²) >= 11 is 0. The van der Waals surface area contributed by atoms with Gasteiger partial charge in [-0.3, -0.25) is 10.4 Å². The molecule has 32 heavy (non-hydrogen) atoms. The maximum Gasteiger partial charge on any atom is 0.246 e. The summed E-state index contributed by atoms with van der Waals surface area (Å²) in [5.74, 6) is -0.486. The number of nitrogens with two attached hydrogens (primary N) is 1. The van der Waals surface area contributed by atoms with E-state index in [1.54, 1.807) is 12.3 Å². The van der Waals surface area contributed by atoms with Crippen LogP contribution in [0.25, 0.3) is 22.0 Å². The van der Waals surface area contributed by atoms with Gasteiger partial charge in [0.15, 0.2) is 0 Å². The minimum Gasteiger partial charge on any atom is -0.383 e. The summed E-state index contributed by atoms with van der Waals surface area (Å²) in [5, 5.41) is 13.6. The molecule has 2 aromatic rings. The number of sulfonamides is 1. The number of hydrogen-bond donors (Lipinski definition) is 3. The minimum absolute atomic E-state index is 0.209. The molecule has 2 aliphatic rings. The SMILES string of the molecule is C=CC(C=C(C(=N)N)S(=O)(=O)N1CCCC1)=c1ccc2nccc(=C3C=CNC=C3)c2c1. The van der Waals surface area contributed by atoms with E-state index in [9.17, 15) is 8.42 Å². The van der Waals surface area contributed by atoms with Crippen molar-refractivity contribution in [3.8, 4) is 0 Å². The first-order valence-corrected chi connectivity index (χ1v) is 11.8. The topological polar surface area (TPSA) is 112 Å². The largest absolute Gasteiger partial charge is 0.383 e. The van der Waals surface area contributed by atoms with Crippen molar-refractivity contribution in [3.63, 3.8) is 0 Å². The molecular formula is C24H25N5O2S. The average Bonchev–Trinajstić information content (AvgIpc) is 3.35. The Bertz CT molecular complexity index is 1400. The molecule has 7 nitrogen and oxygen atoms in total. The fourth-order valence-corrected chi connectivity index (χ4v) is 5.47. The highest BCUT2D eigenvalue weighted by Crippen LogP contribution is 2.21. The van der Waals surface area contributed by atoms with Crippen LogP contribution in [0.1, 0.15) is 12.8 Å². The van der Waals surface area contributed by atoms with Gasteiger partial charge in [-0.1, -0.05) is 18.7 Å². The molecule has 3 heterocycles. The highest BCUT2D eigenvalue weighted by atomic mass is 32.2. The van der Waals surface area contributed by atoms with Gasteiger partial charge in [0, 0.05) is 37.1 Å². The van der Waals surface area contributed by atoms with Gasteiger partial charge in [0.1, 0.15) is 10.7 Å². The Morgan fingerprint density at radius 1 is 1.19 bits per heavy atom. The third-order valence-corrected chi connectivity index (χ3v) is 7.50. The van der Waals surface area contributed by atoms with Gasteiger partial charge in [-0.15, -0.1) is 0 Å². The zero-order chi connectivity index (χ0) is 22.7. The fourth-order valence-electron chi connectivity index (χ4n) is 3.90. The zero-order valence-corrected chi connectivity index (χ0v) is 18.4. The van der Waals surface area contributed by atoms with Crippen molar-refractivity contribution in [2.75, 3.05) is 13.1 Å². The van der Waals surface area contributed by atoms with Crippen molar-refractivity contribution in [3.05, 3.63) is 89.1 Å². The van der Waals surface area contributed by atoms with E-state index < -0.39 is 15.9 Å². The standard InChI is InChI=1S/C24H25N5O2S/c1-2-17(16-23(24(25)26)32(30,31)29-13-3-4-14-29)19-5-6-22-21(15-19)20(9-12-28-22)18-7-10-27-11-8-18/h2,5-12,15-16,27H,1,3-4,13-14H2,(H3,25,26). The first-order chi connectivity index (χ1) is 15.4. The normalized spacial score (nSPS) is 18.0. The van der Waals surface area contributed by atoms with Crippen LogP contribution in [0.5, 0.6) is 0 Å². The Labute approximate surface area is 187 Å². The lowest BCUT2D eigenvalue weighted by Gasteiger charge is -2.17. The summed E-state index contributed by atoms with van der Waals surface area (Å²) in [6.07, 6.45) is 14.1. The monoisotopic (exact) mass is 447 g/mol. The Kier molecular flexibility index (Phi) is 6.07. The number of aromatic nitrogens is 1. The molecule has 1 saturated heterocycles. The molecule has 0 aliphatic carbocycles. The van der Waals surface area contributed by atoms with Crippen molar-refractivity contribution >= 4 is 37.9 Å². The van der Waals surface area contributed by atoms with Gasteiger partial charge >= 0.3 is 0 Å². The summed E-state index contributed by atoms with van der Waals surface area (Å²) in [4.78, 5) is 4.25. The third-order valence-electron chi connectivity index (χ3n) is 5.56. The molecule has 0 unspecified atom stereocenters. The number of benzene rings is 1. The second-order valence-corrected chi connectivity index (χ2v) is 9.48. The van der Waals surface area contributed by atoms with Crippen LogP contribution < -0.4 is 21.5 Å². The summed E-state index contributed by atoms with van der Waals surface area (Å²) in [6, 6.07) is 7.67. The molecular weight excluding hydrogens is 422 g/mol. The van der Waals surface area contributed by atoms with Crippen LogP contribution in [-0.2, 0) is 10.0 Å². The molecule has 0 radical (unpaired) electrons. The summed E-state index contributed by atoms with van der Waals surface area (Å²) in [7, 11) is -3.85. The number of rotatable bonds is 5. The molecule has 1 aromatic carbocycles. The van der Waals surface area contributed by atoms with Gasteiger partial charge in [-0.05, 0) is 70.9 Å². The number of amidine groups is 1. The minimum atomic E-state index is -3.85. The van der Waals surface area contributed by atoms with Crippen molar-refractivity contribution in [2.24, 2.45) is 5.73 Å². The highest BCUT2D eigenvalue weighted by Gasteiger charge is 2.30. The van der Waals surface area contributed by atoms with E-state index >= 15 is 0 Å². The third kappa shape index (κ3) is 4.15. The van der Waals surface area contributed by atoms with E-state index in [4.69, 9.17) is 11.1 Å². The lowest BCUT2D eigenvalue weighted by Crippen LogP contribution is -2.34. The second kappa shape index (κ2) is 8.94. The van der Waals surface area contributed by atoms with E-state index in [1.807, 2.05) is 48.8 Å². The molecule has 8 heteroatoms. The Balaban J connectivity index is 1.96. The number of pyridine rings is 1. The van der Waals surface area contributed by atoms with E-state index in [-0.39, 0.29) is 4.91 Å². The Hall–Kier alpha value is -3.49. The van der Waals surface area contributed by atoms with Crippen LogP contribution in [-0.4, -0.2) is 36.6 Å². The molecule has 0 amide bonds. The Morgan fingerprint density at radius 2 is 1.91 bits per heavy atom. The van der Waals surface area contributed by atoms with E-state index in [2.05, 4.69) is 16.9 Å². The lowest BCUT2D eigenvalue weighted by atomic mass is 10.0. The smallest absolute Gasteiger partial charge is 0.246 e. The second-order valence-electron chi connectivity index (χ2n) is 7.57. The first kappa shape index (κ1) is 21.7. The van der Waals surface area contributed by atoms with Crippen LogP contribution in [0, 0.1) is 5.41 Å². The van der Waals surface area contributed by atoms with Gasteiger partial charge in [0.25, 0.3) is 0 Å².